The van der Waals surface area contributed by atoms with Crippen molar-refractivity contribution in [3.63, 3.8) is 0 Å². The number of halogens is 1. The number of rotatable bonds is 3. The van der Waals surface area contributed by atoms with Crippen molar-refractivity contribution in [1.29, 1.82) is 0 Å². The summed E-state index contributed by atoms with van der Waals surface area (Å²) in [5, 5.41) is 0. The Morgan fingerprint density at radius 3 is 2.47 bits per heavy atom. The van der Waals surface area contributed by atoms with Gasteiger partial charge in [0.05, 0.1) is 0 Å². The number of anilines is 1. The number of aromatic nitrogens is 2. The lowest BCUT2D eigenvalue weighted by Crippen LogP contribution is -2.17. The van der Waals surface area contributed by atoms with E-state index in [0.717, 1.165) is 42.2 Å². The molecule has 1 aromatic heterocycles. The Hall–Kier alpha value is -1.42. The summed E-state index contributed by atoms with van der Waals surface area (Å²) in [5.41, 5.74) is 2.79. The maximum Gasteiger partial charge on any atom is 0.134 e. The number of aryl methyl sites for hydroxylation is 1. The van der Waals surface area contributed by atoms with E-state index in [0.29, 0.717) is 0 Å². The zero-order chi connectivity index (χ0) is 13.2. The van der Waals surface area contributed by atoms with Crippen molar-refractivity contribution in [3.8, 4) is 0 Å². The first-order valence-electron chi connectivity index (χ1n) is 6.61. The van der Waals surface area contributed by atoms with Crippen LogP contribution >= 0.6 is 15.9 Å². The lowest BCUT2D eigenvalue weighted by atomic mass is 10.1. The largest absolute Gasteiger partial charge is 0.348 e. The molecule has 0 atom stereocenters. The Bertz CT molecular complexity index is 573. The average molecular weight is 318 g/mol. The topological polar surface area (TPSA) is 29.0 Å². The number of hydrogen-bond donors (Lipinski definition) is 0. The van der Waals surface area contributed by atoms with Gasteiger partial charge < -0.3 is 4.90 Å². The molecule has 0 radical (unpaired) electrons. The van der Waals surface area contributed by atoms with Crippen LogP contribution in [0.15, 0.2) is 34.9 Å². The molecule has 98 valence electrons. The Morgan fingerprint density at radius 1 is 1.16 bits per heavy atom. The van der Waals surface area contributed by atoms with E-state index in [-0.39, 0.29) is 0 Å². The van der Waals surface area contributed by atoms with Crippen LogP contribution in [0.4, 0.5) is 5.82 Å². The van der Waals surface area contributed by atoms with E-state index >= 15 is 0 Å². The number of benzene rings is 1. The van der Waals surface area contributed by atoms with E-state index in [1.54, 1.807) is 0 Å². The molecular formula is C15H16BrN3. The van der Waals surface area contributed by atoms with Gasteiger partial charge in [-0.1, -0.05) is 31.2 Å². The molecule has 4 heteroatoms. The van der Waals surface area contributed by atoms with E-state index in [4.69, 9.17) is 0 Å². The molecule has 0 aliphatic carbocycles. The molecule has 0 spiro atoms. The molecule has 0 N–H and O–H groups in total. The molecule has 0 amide bonds. The average Bonchev–Trinajstić information content (AvgIpc) is 2.82. The summed E-state index contributed by atoms with van der Waals surface area (Å²) in [4.78, 5) is 11.4. The minimum atomic E-state index is 0.872. The van der Waals surface area contributed by atoms with Crippen LogP contribution in [0.5, 0.6) is 0 Å². The van der Waals surface area contributed by atoms with Crippen LogP contribution in [0.3, 0.4) is 0 Å². The Kier molecular flexibility index (Phi) is 3.51. The van der Waals surface area contributed by atoms with E-state index in [1.165, 1.54) is 11.1 Å². The van der Waals surface area contributed by atoms with Gasteiger partial charge in [0.2, 0.25) is 0 Å². The van der Waals surface area contributed by atoms with E-state index in [1.807, 2.05) is 6.07 Å². The first-order valence-corrected chi connectivity index (χ1v) is 7.40. The summed E-state index contributed by atoms with van der Waals surface area (Å²) in [6, 6.07) is 10.6. The summed E-state index contributed by atoms with van der Waals surface area (Å²) in [5.74, 6) is 1.93. The van der Waals surface area contributed by atoms with E-state index in [2.05, 4.69) is 62.0 Å². The minimum Gasteiger partial charge on any atom is -0.348 e. The molecule has 1 aliphatic heterocycles. The van der Waals surface area contributed by atoms with Crippen LogP contribution in [0.1, 0.15) is 30.3 Å². The Morgan fingerprint density at radius 2 is 1.84 bits per heavy atom. The Balaban J connectivity index is 1.88. The summed E-state index contributed by atoms with van der Waals surface area (Å²) < 4.78 is 0.872. The van der Waals surface area contributed by atoms with Crippen LogP contribution in [-0.2, 0) is 19.5 Å². The highest BCUT2D eigenvalue weighted by Gasteiger charge is 2.20. The molecule has 1 aromatic carbocycles. The second-order valence-corrected chi connectivity index (χ2v) is 5.65. The lowest BCUT2D eigenvalue weighted by molar-refractivity contribution is 0.793. The van der Waals surface area contributed by atoms with Gasteiger partial charge in [-0.25, -0.2) is 9.97 Å². The summed E-state index contributed by atoms with van der Waals surface area (Å²) >= 11 is 3.49. The van der Waals surface area contributed by atoms with Gasteiger partial charge in [0, 0.05) is 25.6 Å². The second kappa shape index (κ2) is 5.29. The molecule has 0 saturated carbocycles. The Labute approximate surface area is 121 Å². The summed E-state index contributed by atoms with van der Waals surface area (Å²) in [6.07, 6.45) is 1.99. The third-order valence-corrected chi connectivity index (χ3v) is 3.77. The fourth-order valence-electron chi connectivity index (χ4n) is 2.44. The van der Waals surface area contributed by atoms with Gasteiger partial charge in [-0.15, -0.1) is 0 Å². The molecule has 0 unspecified atom stereocenters. The summed E-state index contributed by atoms with van der Waals surface area (Å²) in [7, 11) is 0. The van der Waals surface area contributed by atoms with Crippen LogP contribution in [0, 0.1) is 0 Å². The highest BCUT2D eigenvalue weighted by atomic mass is 79.9. The highest BCUT2D eigenvalue weighted by molar-refractivity contribution is 9.10. The zero-order valence-corrected chi connectivity index (χ0v) is 12.5. The molecule has 1 aliphatic rings. The van der Waals surface area contributed by atoms with Gasteiger partial charge in [-0.05, 0) is 33.5 Å². The van der Waals surface area contributed by atoms with Crippen molar-refractivity contribution in [2.45, 2.75) is 32.9 Å². The first kappa shape index (κ1) is 12.6. The summed E-state index contributed by atoms with van der Waals surface area (Å²) in [6.45, 7) is 4.02. The number of hydrogen-bond acceptors (Lipinski definition) is 3. The van der Waals surface area contributed by atoms with Crippen molar-refractivity contribution in [2.24, 2.45) is 0 Å². The predicted molar refractivity (Wildman–Crippen MR) is 80.1 cm³/mol. The molecule has 19 heavy (non-hydrogen) atoms. The maximum absolute atomic E-state index is 4.67. The molecule has 2 aromatic rings. The quantitative estimate of drug-likeness (QED) is 0.808. The molecule has 2 heterocycles. The molecule has 0 bridgehead atoms. The fraction of sp³-hybridized carbons (Fsp3) is 0.333. The predicted octanol–water partition coefficient (Wildman–Crippen LogP) is 3.71. The normalized spacial score (nSPS) is 13.7. The first-order chi connectivity index (χ1) is 9.26. The number of fused-ring (bicyclic) bond motifs is 1. The van der Waals surface area contributed by atoms with Gasteiger partial charge in [0.25, 0.3) is 0 Å². The van der Waals surface area contributed by atoms with Crippen molar-refractivity contribution >= 4 is 21.7 Å². The molecule has 0 saturated heterocycles. The molecule has 0 fully saturated rings. The van der Waals surface area contributed by atoms with Gasteiger partial charge in [-0.2, -0.15) is 0 Å². The van der Waals surface area contributed by atoms with Crippen LogP contribution < -0.4 is 4.90 Å². The van der Waals surface area contributed by atoms with Crippen LogP contribution in [0.2, 0.25) is 0 Å². The van der Waals surface area contributed by atoms with Gasteiger partial charge >= 0.3 is 0 Å². The SMILES string of the molecule is CCCc1nc(Br)cc(N2Cc3ccccc3C2)n1. The third kappa shape index (κ3) is 2.63. The number of nitrogens with zero attached hydrogens (tertiary/aromatic N) is 3. The highest BCUT2D eigenvalue weighted by Crippen LogP contribution is 2.28. The van der Waals surface area contributed by atoms with Gasteiger partial charge in [-0.3, -0.25) is 0 Å². The molecule has 3 nitrogen and oxygen atoms in total. The van der Waals surface area contributed by atoms with E-state index in [9.17, 15) is 0 Å². The van der Waals surface area contributed by atoms with Crippen molar-refractivity contribution in [2.75, 3.05) is 4.90 Å². The fourth-order valence-corrected chi connectivity index (χ4v) is 2.85. The van der Waals surface area contributed by atoms with Crippen LogP contribution in [-0.4, -0.2) is 9.97 Å². The molecular weight excluding hydrogens is 302 g/mol. The van der Waals surface area contributed by atoms with Crippen molar-refractivity contribution in [3.05, 3.63) is 51.9 Å². The van der Waals surface area contributed by atoms with Crippen molar-refractivity contribution < 1.29 is 0 Å². The maximum atomic E-state index is 4.67. The standard InChI is InChI=1S/C15H16BrN3/c1-2-5-14-17-13(16)8-15(18-14)19-9-11-6-3-4-7-12(11)10-19/h3-4,6-8H,2,5,9-10H2,1H3. The third-order valence-electron chi connectivity index (χ3n) is 3.37. The monoisotopic (exact) mass is 317 g/mol. The van der Waals surface area contributed by atoms with Crippen LogP contribution in [0.25, 0.3) is 0 Å². The van der Waals surface area contributed by atoms with Gasteiger partial charge in [0.1, 0.15) is 16.2 Å². The van der Waals surface area contributed by atoms with E-state index < -0.39 is 0 Å². The van der Waals surface area contributed by atoms with Crippen molar-refractivity contribution in [1.82, 2.24) is 9.97 Å². The minimum absolute atomic E-state index is 0.872. The molecule has 3 rings (SSSR count). The van der Waals surface area contributed by atoms with Gasteiger partial charge in [0.15, 0.2) is 0 Å². The zero-order valence-electron chi connectivity index (χ0n) is 10.9. The smallest absolute Gasteiger partial charge is 0.134 e. The second-order valence-electron chi connectivity index (χ2n) is 4.84. The lowest BCUT2D eigenvalue weighted by Gasteiger charge is -2.17.